The average molecular weight is 422 g/mol. The second-order valence-corrected chi connectivity index (χ2v) is 8.30. The van der Waals surface area contributed by atoms with E-state index in [2.05, 4.69) is 43.1 Å². The molecule has 0 bridgehead atoms. The number of carbonyl (C=O) groups excluding carboxylic acids is 2. The Balaban J connectivity index is 1.36. The Morgan fingerprint density at radius 3 is 1.97 bits per heavy atom. The number of esters is 1. The largest absolute Gasteiger partial charge is 0.462 e. The zero-order chi connectivity index (χ0) is 22.1. The Bertz CT molecular complexity index is 865. The molecule has 1 fully saturated rings. The van der Waals surface area contributed by atoms with E-state index in [0.717, 1.165) is 37.8 Å². The van der Waals surface area contributed by atoms with Crippen molar-refractivity contribution in [3.8, 4) is 0 Å². The molecule has 3 rings (SSSR count). The molecule has 1 amide bonds. The van der Waals surface area contributed by atoms with Gasteiger partial charge in [-0.3, -0.25) is 5.32 Å². The highest BCUT2D eigenvalue weighted by Gasteiger charge is 2.23. The molecule has 1 aliphatic rings. The van der Waals surface area contributed by atoms with Gasteiger partial charge in [0.25, 0.3) is 0 Å². The minimum Gasteiger partial charge on any atom is -0.462 e. The monoisotopic (exact) mass is 421 g/mol. The number of aryl methyl sites for hydroxylation is 1. The number of anilines is 1. The zero-order valence-electron chi connectivity index (χ0n) is 18.1. The summed E-state index contributed by atoms with van der Waals surface area (Å²) < 4.78 is 10.5. The van der Waals surface area contributed by atoms with Crippen molar-refractivity contribution in [3.63, 3.8) is 0 Å². The quantitative estimate of drug-likeness (QED) is 0.441. The Morgan fingerprint density at radius 2 is 1.42 bits per heavy atom. The molecule has 1 saturated carbocycles. The van der Waals surface area contributed by atoms with Gasteiger partial charge in [-0.05, 0) is 74.1 Å². The molecule has 2 aromatic rings. The molecule has 0 unspecified atom stereocenters. The van der Waals surface area contributed by atoms with Gasteiger partial charge in [0.1, 0.15) is 0 Å². The molecule has 0 saturated heterocycles. The molecule has 0 aromatic heterocycles. The van der Waals surface area contributed by atoms with Gasteiger partial charge in [0.05, 0.1) is 13.2 Å². The van der Waals surface area contributed by atoms with Crippen LogP contribution in [0.1, 0.15) is 42.4 Å². The van der Waals surface area contributed by atoms with Gasteiger partial charge in [-0.2, -0.15) is 0 Å². The maximum absolute atomic E-state index is 12.1. The van der Waals surface area contributed by atoms with Gasteiger partial charge in [-0.15, -0.1) is 0 Å². The van der Waals surface area contributed by atoms with Gasteiger partial charge in [-0.25, -0.2) is 9.59 Å². The molecule has 5 heteroatoms. The van der Waals surface area contributed by atoms with E-state index < -0.39 is 6.09 Å². The van der Waals surface area contributed by atoms with Gasteiger partial charge in [0.2, 0.25) is 0 Å². The van der Waals surface area contributed by atoms with E-state index >= 15 is 0 Å². The number of hydrogen-bond donors (Lipinski definition) is 1. The predicted octanol–water partition coefficient (Wildman–Crippen LogP) is 5.67. The van der Waals surface area contributed by atoms with E-state index in [1.54, 1.807) is 0 Å². The first-order valence-corrected chi connectivity index (χ1v) is 10.9. The predicted molar refractivity (Wildman–Crippen MR) is 122 cm³/mol. The lowest BCUT2D eigenvalue weighted by Gasteiger charge is -2.27. The molecule has 31 heavy (non-hydrogen) atoms. The lowest BCUT2D eigenvalue weighted by molar-refractivity contribution is -0.139. The minimum absolute atomic E-state index is 0.356. The summed E-state index contributed by atoms with van der Waals surface area (Å²) >= 11 is 0. The highest BCUT2D eigenvalue weighted by Crippen LogP contribution is 2.29. The third-order valence-corrected chi connectivity index (χ3v) is 5.77. The Morgan fingerprint density at radius 1 is 0.903 bits per heavy atom. The molecule has 0 radical (unpaired) electrons. The van der Waals surface area contributed by atoms with Crippen molar-refractivity contribution in [3.05, 3.63) is 77.9 Å². The number of nitrogens with one attached hydrogen (secondary N) is 1. The van der Waals surface area contributed by atoms with Crippen LogP contribution in [0.5, 0.6) is 0 Å². The number of carbonyl (C=O) groups is 2. The third kappa shape index (κ3) is 7.59. The van der Waals surface area contributed by atoms with Crippen LogP contribution in [0, 0.1) is 18.8 Å². The van der Waals surface area contributed by atoms with Gasteiger partial charge in [0.15, 0.2) is 0 Å². The summed E-state index contributed by atoms with van der Waals surface area (Å²) in [6.07, 6.45) is 5.52. The molecule has 1 aliphatic carbocycles. The van der Waals surface area contributed by atoms with E-state index in [1.165, 1.54) is 22.8 Å². The molecule has 0 spiro atoms. The molecule has 5 nitrogen and oxygen atoms in total. The van der Waals surface area contributed by atoms with E-state index in [-0.39, 0.29) is 5.97 Å². The maximum Gasteiger partial charge on any atom is 0.411 e. The average Bonchev–Trinajstić information content (AvgIpc) is 2.79. The summed E-state index contributed by atoms with van der Waals surface area (Å²) in [5.41, 5.74) is 4.44. The van der Waals surface area contributed by atoms with Gasteiger partial charge < -0.3 is 9.47 Å². The van der Waals surface area contributed by atoms with Gasteiger partial charge in [0, 0.05) is 11.8 Å². The van der Waals surface area contributed by atoms with Crippen LogP contribution in [0.15, 0.2) is 61.2 Å². The Labute approximate surface area is 184 Å². The number of amides is 1. The van der Waals surface area contributed by atoms with Crippen molar-refractivity contribution in [1.82, 2.24) is 0 Å². The molecule has 1 N–H and O–H groups in total. The highest BCUT2D eigenvalue weighted by atomic mass is 16.5. The molecule has 2 aromatic carbocycles. The standard InChI is InChI=1S/C26H31NO4/c1-3-25(28)30-17-22-8-10-23(11-9-22)18-31-26(29)27-24-14-12-21(13-15-24)16-20-6-4-19(2)5-7-20/h3-7,12-15,22-23H,1,8-11,16-18H2,2H3,(H,27,29). The van der Waals surface area contributed by atoms with E-state index in [4.69, 9.17) is 9.47 Å². The lowest BCUT2D eigenvalue weighted by Crippen LogP contribution is -2.24. The van der Waals surface area contributed by atoms with Crippen LogP contribution in [0.4, 0.5) is 10.5 Å². The summed E-state index contributed by atoms with van der Waals surface area (Å²) in [5, 5.41) is 2.80. The van der Waals surface area contributed by atoms with E-state index in [1.807, 2.05) is 24.3 Å². The highest BCUT2D eigenvalue weighted by molar-refractivity contribution is 5.84. The van der Waals surface area contributed by atoms with Crippen LogP contribution in [-0.2, 0) is 20.7 Å². The van der Waals surface area contributed by atoms with E-state index in [0.29, 0.717) is 25.0 Å². The smallest absolute Gasteiger partial charge is 0.411 e. The van der Waals surface area contributed by atoms with Gasteiger partial charge >= 0.3 is 12.1 Å². The van der Waals surface area contributed by atoms with E-state index in [9.17, 15) is 9.59 Å². The molecule has 0 atom stereocenters. The summed E-state index contributed by atoms with van der Waals surface area (Å²) in [6.45, 7) is 6.34. The summed E-state index contributed by atoms with van der Waals surface area (Å²) in [4.78, 5) is 23.3. The Kier molecular flexibility index (Phi) is 8.27. The van der Waals surface area contributed by atoms with Crippen molar-refractivity contribution in [2.75, 3.05) is 18.5 Å². The maximum atomic E-state index is 12.1. The van der Waals surface area contributed by atoms with Crippen LogP contribution in [0.2, 0.25) is 0 Å². The summed E-state index contributed by atoms with van der Waals surface area (Å²) in [6, 6.07) is 16.4. The molecule has 164 valence electrons. The Hall–Kier alpha value is -3.08. The van der Waals surface area contributed by atoms with Crippen molar-refractivity contribution in [2.45, 2.75) is 39.0 Å². The fourth-order valence-corrected chi connectivity index (χ4v) is 3.82. The topological polar surface area (TPSA) is 64.6 Å². The number of hydrogen-bond acceptors (Lipinski definition) is 4. The van der Waals surface area contributed by atoms with Crippen molar-refractivity contribution < 1.29 is 19.1 Å². The first-order chi connectivity index (χ1) is 15.0. The second kappa shape index (κ2) is 11.3. The fourth-order valence-electron chi connectivity index (χ4n) is 3.82. The summed E-state index contributed by atoms with van der Waals surface area (Å²) in [7, 11) is 0. The van der Waals surface area contributed by atoms with Crippen molar-refractivity contribution in [1.29, 1.82) is 0 Å². The van der Waals surface area contributed by atoms with Crippen molar-refractivity contribution in [2.24, 2.45) is 11.8 Å². The van der Waals surface area contributed by atoms with Crippen LogP contribution in [0.25, 0.3) is 0 Å². The zero-order valence-corrected chi connectivity index (χ0v) is 18.1. The van der Waals surface area contributed by atoms with Crippen LogP contribution in [0.3, 0.4) is 0 Å². The number of benzene rings is 2. The molecule has 0 heterocycles. The van der Waals surface area contributed by atoms with Crippen molar-refractivity contribution >= 4 is 17.7 Å². The molecular formula is C26H31NO4. The fraction of sp³-hybridized carbons (Fsp3) is 0.385. The number of rotatable bonds is 8. The minimum atomic E-state index is -0.423. The third-order valence-electron chi connectivity index (χ3n) is 5.77. The normalized spacial score (nSPS) is 18.1. The molecule has 0 aliphatic heterocycles. The van der Waals surface area contributed by atoms with Gasteiger partial charge in [-0.1, -0.05) is 48.5 Å². The van der Waals surface area contributed by atoms with Crippen LogP contribution < -0.4 is 5.32 Å². The first-order valence-electron chi connectivity index (χ1n) is 10.9. The van der Waals surface area contributed by atoms with Crippen LogP contribution in [-0.4, -0.2) is 25.3 Å². The number of ether oxygens (including phenoxy) is 2. The van der Waals surface area contributed by atoms with Crippen LogP contribution >= 0.6 is 0 Å². The molecular weight excluding hydrogens is 390 g/mol. The first kappa shape index (κ1) is 22.6. The SMILES string of the molecule is C=CC(=O)OCC1CCC(COC(=O)Nc2ccc(Cc3ccc(C)cc3)cc2)CC1. The second-order valence-electron chi connectivity index (χ2n) is 8.30. The summed E-state index contributed by atoms with van der Waals surface area (Å²) in [5.74, 6) is 0.367. The lowest BCUT2D eigenvalue weighted by atomic mass is 9.83.